The van der Waals surface area contributed by atoms with Crippen LogP contribution in [0.15, 0.2) is 0 Å². The molecule has 0 spiro atoms. The van der Waals surface area contributed by atoms with Crippen LogP contribution in [-0.2, 0) is 4.79 Å². The average molecular weight is 170 g/mol. The van der Waals surface area contributed by atoms with E-state index in [9.17, 15) is 4.79 Å². The number of hydrogen-bond donors (Lipinski definition) is 2. The molecule has 2 N–H and O–H groups in total. The summed E-state index contributed by atoms with van der Waals surface area (Å²) in [6.45, 7) is 2.68. The molecule has 1 saturated carbocycles. The predicted octanol–water partition coefficient (Wildman–Crippen LogP) is 0.511. The molecule has 0 saturated heterocycles. The fourth-order valence-corrected chi connectivity index (χ4v) is 1.78. The van der Waals surface area contributed by atoms with Crippen molar-refractivity contribution in [2.45, 2.75) is 32.2 Å². The van der Waals surface area contributed by atoms with E-state index in [1.54, 1.807) is 7.05 Å². The number of carbonyl (C=O) groups is 1. The van der Waals surface area contributed by atoms with E-state index in [4.69, 9.17) is 0 Å². The molecule has 12 heavy (non-hydrogen) atoms. The van der Waals surface area contributed by atoms with Crippen LogP contribution in [0.5, 0.6) is 0 Å². The van der Waals surface area contributed by atoms with Gasteiger partial charge in [0.15, 0.2) is 0 Å². The summed E-state index contributed by atoms with van der Waals surface area (Å²) in [5, 5.41) is 5.85. The van der Waals surface area contributed by atoms with Gasteiger partial charge in [-0.2, -0.15) is 0 Å². The van der Waals surface area contributed by atoms with E-state index in [0.29, 0.717) is 12.6 Å². The first-order chi connectivity index (χ1) is 5.72. The minimum absolute atomic E-state index is 0.122. The van der Waals surface area contributed by atoms with E-state index < -0.39 is 0 Å². The first kappa shape index (κ1) is 9.52. The third kappa shape index (κ3) is 2.81. The van der Waals surface area contributed by atoms with Crippen LogP contribution in [0.3, 0.4) is 0 Å². The highest BCUT2D eigenvalue weighted by atomic mass is 16.1. The number of likely N-dealkylation sites (N-methyl/N-ethyl adjacent to an activating group) is 1. The summed E-state index contributed by atoms with van der Waals surface area (Å²) in [5.41, 5.74) is 0. The van der Waals surface area contributed by atoms with E-state index in [1.165, 1.54) is 6.42 Å². The summed E-state index contributed by atoms with van der Waals surface area (Å²) in [4.78, 5) is 11.1. The quantitative estimate of drug-likeness (QED) is 0.648. The minimum atomic E-state index is 0.122. The number of rotatable bonds is 3. The highest BCUT2D eigenvalue weighted by molar-refractivity contribution is 5.78. The molecule has 3 heteroatoms. The van der Waals surface area contributed by atoms with Crippen molar-refractivity contribution in [3.8, 4) is 0 Å². The fourth-order valence-electron chi connectivity index (χ4n) is 1.78. The van der Waals surface area contributed by atoms with Gasteiger partial charge in [-0.25, -0.2) is 0 Å². The molecule has 0 aromatic heterocycles. The Morgan fingerprint density at radius 2 is 2.25 bits per heavy atom. The fraction of sp³-hybridized carbons (Fsp3) is 0.889. The number of nitrogens with one attached hydrogen (secondary N) is 2. The Morgan fingerprint density at radius 3 is 2.75 bits per heavy atom. The molecule has 1 aliphatic rings. The van der Waals surface area contributed by atoms with Crippen molar-refractivity contribution in [2.24, 2.45) is 5.92 Å². The zero-order valence-corrected chi connectivity index (χ0v) is 7.89. The van der Waals surface area contributed by atoms with Crippen LogP contribution < -0.4 is 10.6 Å². The van der Waals surface area contributed by atoms with Gasteiger partial charge in [0.1, 0.15) is 0 Å². The molecule has 0 aromatic carbocycles. The minimum Gasteiger partial charge on any atom is -0.352 e. The first-order valence-electron chi connectivity index (χ1n) is 4.66. The molecule has 1 fully saturated rings. The Morgan fingerprint density at radius 1 is 1.50 bits per heavy atom. The van der Waals surface area contributed by atoms with Crippen molar-refractivity contribution in [3.05, 3.63) is 0 Å². The van der Waals surface area contributed by atoms with Gasteiger partial charge in [-0.05, 0) is 32.2 Å². The van der Waals surface area contributed by atoms with Gasteiger partial charge < -0.3 is 10.6 Å². The first-order valence-corrected chi connectivity index (χ1v) is 4.66. The third-order valence-electron chi connectivity index (χ3n) is 2.40. The maximum absolute atomic E-state index is 11.1. The summed E-state index contributed by atoms with van der Waals surface area (Å²) in [5.74, 6) is 0.904. The number of amides is 1. The van der Waals surface area contributed by atoms with Crippen molar-refractivity contribution >= 4 is 5.91 Å². The van der Waals surface area contributed by atoms with Crippen molar-refractivity contribution in [1.29, 1.82) is 0 Å². The van der Waals surface area contributed by atoms with Gasteiger partial charge in [-0.3, -0.25) is 4.79 Å². The highest BCUT2D eigenvalue weighted by Gasteiger charge is 2.21. The summed E-state index contributed by atoms with van der Waals surface area (Å²) in [6.07, 6.45) is 3.55. The van der Waals surface area contributed by atoms with E-state index in [2.05, 4.69) is 17.6 Å². The molecule has 0 radical (unpaired) electrons. The van der Waals surface area contributed by atoms with E-state index in [1.807, 2.05) is 0 Å². The van der Waals surface area contributed by atoms with Crippen molar-refractivity contribution in [1.82, 2.24) is 10.6 Å². The molecule has 0 aliphatic heterocycles. The second kappa shape index (κ2) is 4.45. The molecule has 2 atom stereocenters. The topological polar surface area (TPSA) is 41.1 Å². The molecular formula is C9H18N2O. The molecule has 1 amide bonds. The zero-order chi connectivity index (χ0) is 8.97. The Bertz CT molecular complexity index is 159. The molecule has 1 rings (SSSR count). The van der Waals surface area contributed by atoms with Gasteiger partial charge in [-0.15, -0.1) is 0 Å². The second-order valence-corrected chi connectivity index (χ2v) is 3.71. The van der Waals surface area contributed by atoms with E-state index >= 15 is 0 Å². The normalized spacial score (nSPS) is 28.8. The Kier molecular flexibility index (Phi) is 3.53. The Balaban J connectivity index is 2.18. The lowest BCUT2D eigenvalue weighted by Crippen LogP contribution is -2.38. The lowest BCUT2D eigenvalue weighted by Gasteiger charge is -2.11. The van der Waals surface area contributed by atoms with Gasteiger partial charge in [-0.1, -0.05) is 6.92 Å². The van der Waals surface area contributed by atoms with Crippen LogP contribution >= 0.6 is 0 Å². The van der Waals surface area contributed by atoms with Crippen LogP contribution in [0.2, 0.25) is 0 Å². The summed E-state index contributed by atoms with van der Waals surface area (Å²) in [6, 6.07) is 0.431. The smallest absolute Gasteiger partial charge is 0.234 e. The maximum atomic E-state index is 11.1. The standard InChI is InChI=1S/C9H18N2O/c1-7-3-4-8(5-7)11-9(12)6-10-2/h7-8,10H,3-6H2,1-2H3,(H,11,12). The lowest BCUT2D eigenvalue weighted by atomic mass is 10.1. The Hall–Kier alpha value is -0.570. The average Bonchev–Trinajstić information content (AvgIpc) is 2.36. The zero-order valence-electron chi connectivity index (χ0n) is 7.89. The Labute approximate surface area is 73.9 Å². The van der Waals surface area contributed by atoms with Crippen LogP contribution in [0.25, 0.3) is 0 Å². The van der Waals surface area contributed by atoms with Gasteiger partial charge in [0.2, 0.25) is 5.91 Å². The van der Waals surface area contributed by atoms with E-state index in [-0.39, 0.29) is 5.91 Å². The number of carbonyl (C=O) groups excluding carboxylic acids is 1. The second-order valence-electron chi connectivity index (χ2n) is 3.71. The van der Waals surface area contributed by atoms with Crippen LogP contribution in [0.4, 0.5) is 0 Å². The molecular weight excluding hydrogens is 152 g/mol. The molecule has 3 nitrogen and oxygen atoms in total. The van der Waals surface area contributed by atoms with Crippen LogP contribution in [-0.4, -0.2) is 25.5 Å². The van der Waals surface area contributed by atoms with Gasteiger partial charge in [0.25, 0.3) is 0 Å². The summed E-state index contributed by atoms with van der Waals surface area (Å²) in [7, 11) is 1.79. The van der Waals surface area contributed by atoms with Crippen molar-refractivity contribution in [3.63, 3.8) is 0 Å². The number of hydrogen-bond acceptors (Lipinski definition) is 2. The lowest BCUT2D eigenvalue weighted by molar-refractivity contribution is -0.120. The monoisotopic (exact) mass is 170 g/mol. The molecule has 2 unspecified atom stereocenters. The molecule has 70 valence electrons. The van der Waals surface area contributed by atoms with Gasteiger partial charge in [0, 0.05) is 6.04 Å². The van der Waals surface area contributed by atoms with Crippen molar-refractivity contribution in [2.75, 3.05) is 13.6 Å². The highest BCUT2D eigenvalue weighted by Crippen LogP contribution is 2.24. The predicted molar refractivity (Wildman–Crippen MR) is 48.9 cm³/mol. The largest absolute Gasteiger partial charge is 0.352 e. The molecule has 0 heterocycles. The van der Waals surface area contributed by atoms with Gasteiger partial charge >= 0.3 is 0 Å². The SMILES string of the molecule is CNCC(=O)NC1CCC(C)C1. The summed E-state index contributed by atoms with van der Waals surface area (Å²) < 4.78 is 0. The van der Waals surface area contributed by atoms with E-state index in [0.717, 1.165) is 18.8 Å². The third-order valence-corrected chi connectivity index (χ3v) is 2.40. The van der Waals surface area contributed by atoms with Crippen LogP contribution in [0.1, 0.15) is 26.2 Å². The van der Waals surface area contributed by atoms with Crippen LogP contribution in [0, 0.1) is 5.92 Å². The maximum Gasteiger partial charge on any atom is 0.234 e. The molecule has 0 bridgehead atoms. The molecule has 0 aromatic rings. The van der Waals surface area contributed by atoms with Crippen molar-refractivity contribution < 1.29 is 4.79 Å². The van der Waals surface area contributed by atoms with Gasteiger partial charge in [0.05, 0.1) is 6.54 Å². The summed E-state index contributed by atoms with van der Waals surface area (Å²) >= 11 is 0. The molecule has 1 aliphatic carbocycles.